The number of benzene rings is 1. The van der Waals surface area contributed by atoms with E-state index >= 15 is 0 Å². The average Bonchev–Trinajstić information content (AvgIpc) is 3.71. The maximum absolute atomic E-state index is 13.7. The number of aromatic nitrogens is 5. The summed E-state index contributed by atoms with van der Waals surface area (Å²) in [5, 5.41) is 25.1. The van der Waals surface area contributed by atoms with Crippen LogP contribution in [-0.2, 0) is 22.3 Å². The largest absolute Gasteiger partial charge is 0.483 e. The summed E-state index contributed by atoms with van der Waals surface area (Å²) in [7, 11) is 0. The molecule has 4 heterocycles. The fourth-order valence-electron chi connectivity index (χ4n) is 4.69. The zero-order chi connectivity index (χ0) is 32.9. The molecule has 2 atom stereocenters. The Morgan fingerprint density at radius 1 is 1.33 bits per heavy atom. The molecule has 18 heteroatoms. The minimum atomic E-state index is -4.76. The molecule has 5 rings (SSSR count). The molecule has 0 radical (unpaired) electrons. The van der Waals surface area contributed by atoms with Crippen LogP contribution in [0.2, 0.25) is 5.02 Å². The molecule has 3 aromatic heterocycles. The number of carbonyl (C=O) groups is 3. The maximum atomic E-state index is 13.7. The molecule has 1 saturated heterocycles. The molecule has 0 bridgehead atoms. The summed E-state index contributed by atoms with van der Waals surface area (Å²) in [5.74, 6) is -0.562. The molecule has 1 aromatic carbocycles. The first-order valence-electron chi connectivity index (χ1n) is 13.2. The molecule has 1 aliphatic rings. The minimum absolute atomic E-state index is 0.0777. The lowest BCUT2D eigenvalue weighted by Gasteiger charge is -2.21. The Balaban J connectivity index is 0.00000148. The van der Waals surface area contributed by atoms with Gasteiger partial charge in [-0.2, -0.15) is 23.5 Å². The summed E-state index contributed by atoms with van der Waals surface area (Å²) in [6, 6.07) is 5.43. The smallest absolute Gasteiger partial charge is 0.435 e. The number of fused-ring (bicyclic) bond motifs is 1. The van der Waals surface area contributed by atoms with E-state index in [2.05, 4.69) is 25.7 Å². The van der Waals surface area contributed by atoms with Gasteiger partial charge in [-0.3, -0.25) is 23.5 Å². The van der Waals surface area contributed by atoms with Crippen molar-refractivity contribution >= 4 is 47.0 Å². The standard InChI is InChI=1S/C26H24ClF3N10O2.CH2O2/c1-14(25(42)38-7-4-15(32)12-38)35-24(41)17-3-2-16(10-19(17)27)36-22-23-34-11-20(40(23)9-6-33-22)18-13-39(8-5-31)37-21(18)26(28,29)30;2-1-3/h2-3,6,9-11,13-15H,4,7-8,12,32H2,1H3,(H,33,36)(H,35,41);1H,(H,2,3)/t14-,15-;/m1./s1. The molecule has 14 nitrogen and oxygen atoms in total. The molecule has 1 fully saturated rings. The summed E-state index contributed by atoms with van der Waals surface area (Å²) in [6.07, 6.45) is 1.17. The zero-order valence-electron chi connectivity index (χ0n) is 23.5. The van der Waals surface area contributed by atoms with Gasteiger partial charge in [-0.15, -0.1) is 0 Å². The second-order valence-electron chi connectivity index (χ2n) is 9.81. The van der Waals surface area contributed by atoms with Gasteiger partial charge < -0.3 is 26.4 Å². The normalized spacial score (nSPS) is 15.1. The number of halogens is 4. The van der Waals surface area contributed by atoms with Crippen molar-refractivity contribution in [3.63, 3.8) is 0 Å². The van der Waals surface area contributed by atoms with E-state index in [9.17, 15) is 22.8 Å². The van der Waals surface area contributed by atoms with Crippen molar-refractivity contribution in [1.82, 2.24) is 34.4 Å². The number of nitrogens with zero attached hydrogens (tertiary/aromatic N) is 7. The highest BCUT2D eigenvalue weighted by atomic mass is 35.5. The summed E-state index contributed by atoms with van der Waals surface area (Å²) in [6.45, 7) is 1.96. The van der Waals surface area contributed by atoms with Gasteiger partial charge >= 0.3 is 6.18 Å². The van der Waals surface area contributed by atoms with Crippen LogP contribution < -0.4 is 16.4 Å². The number of alkyl halides is 3. The molecule has 0 unspecified atom stereocenters. The Labute approximate surface area is 258 Å². The van der Waals surface area contributed by atoms with Crippen molar-refractivity contribution in [2.75, 3.05) is 18.4 Å². The highest BCUT2D eigenvalue weighted by molar-refractivity contribution is 6.34. The predicted molar refractivity (Wildman–Crippen MR) is 154 cm³/mol. The fourth-order valence-corrected chi connectivity index (χ4v) is 4.96. The zero-order valence-corrected chi connectivity index (χ0v) is 24.2. The van der Waals surface area contributed by atoms with Gasteiger partial charge in [0.2, 0.25) is 5.91 Å². The van der Waals surface area contributed by atoms with Gasteiger partial charge in [0.25, 0.3) is 12.4 Å². The molecule has 5 N–H and O–H groups in total. The lowest BCUT2D eigenvalue weighted by Crippen LogP contribution is -2.46. The van der Waals surface area contributed by atoms with Crippen molar-refractivity contribution < 1.29 is 32.7 Å². The van der Waals surface area contributed by atoms with Crippen molar-refractivity contribution in [3.8, 4) is 17.3 Å². The third kappa shape index (κ3) is 7.30. The number of imidazole rings is 1. The van der Waals surface area contributed by atoms with Crippen LogP contribution in [0.5, 0.6) is 0 Å². The van der Waals surface area contributed by atoms with Crippen LogP contribution >= 0.6 is 11.6 Å². The van der Waals surface area contributed by atoms with E-state index in [4.69, 9.17) is 32.5 Å². The van der Waals surface area contributed by atoms with Crippen LogP contribution in [0.15, 0.2) is 43.0 Å². The Bertz CT molecular complexity index is 1770. The highest BCUT2D eigenvalue weighted by Crippen LogP contribution is 2.37. The van der Waals surface area contributed by atoms with Gasteiger partial charge in [0.1, 0.15) is 12.6 Å². The van der Waals surface area contributed by atoms with E-state index in [1.807, 2.05) is 0 Å². The number of carboxylic acid groups (broad SMARTS) is 1. The van der Waals surface area contributed by atoms with E-state index in [1.54, 1.807) is 24.0 Å². The quantitative estimate of drug-likeness (QED) is 0.217. The van der Waals surface area contributed by atoms with Gasteiger partial charge in [0, 0.05) is 43.4 Å². The van der Waals surface area contributed by atoms with Gasteiger partial charge in [-0.1, -0.05) is 11.6 Å². The lowest BCUT2D eigenvalue weighted by atomic mass is 10.1. The number of nitrogens with one attached hydrogen (secondary N) is 2. The molecular weight excluding hydrogens is 621 g/mol. The number of amides is 2. The molecule has 2 amide bonds. The number of carbonyl (C=O) groups excluding carboxylic acids is 2. The first-order valence-corrected chi connectivity index (χ1v) is 13.6. The number of nitriles is 1. The van der Waals surface area contributed by atoms with E-state index in [1.165, 1.54) is 35.1 Å². The van der Waals surface area contributed by atoms with Gasteiger partial charge in [0.05, 0.1) is 34.1 Å². The van der Waals surface area contributed by atoms with Crippen LogP contribution in [0.1, 0.15) is 29.4 Å². The number of hydrogen-bond donors (Lipinski definition) is 4. The first kappa shape index (κ1) is 32.7. The van der Waals surface area contributed by atoms with Crippen LogP contribution in [0, 0.1) is 11.3 Å². The van der Waals surface area contributed by atoms with Crippen molar-refractivity contribution in [2.45, 2.75) is 38.1 Å². The van der Waals surface area contributed by atoms with E-state index in [0.29, 0.717) is 25.2 Å². The van der Waals surface area contributed by atoms with Crippen LogP contribution in [0.4, 0.5) is 24.7 Å². The number of anilines is 2. The van der Waals surface area contributed by atoms with Gasteiger partial charge in [0.15, 0.2) is 17.2 Å². The topological polar surface area (TPSA) is 197 Å². The molecule has 0 spiro atoms. The van der Waals surface area contributed by atoms with Crippen LogP contribution in [0.3, 0.4) is 0 Å². The first-order chi connectivity index (χ1) is 21.4. The Kier molecular flexibility index (Phi) is 9.89. The van der Waals surface area contributed by atoms with Crippen molar-refractivity contribution in [3.05, 3.63) is 59.3 Å². The van der Waals surface area contributed by atoms with Gasteiger partial charge in [-0.25, -0.2) is 9.97 Å². The third-order valence-electron chi connectivity index (χ3n) is 6.70. The molecule has 1 aliphatic heterocycles. The lowest BCUT2D eigenvalue weighted by molar-refractivity contribution is -0.141. The second kappa shape index (κ2) is 13.6. The van der Waals surface area contributed by atoms with Crippen molar-refractivity contribution in [1.29, 1.82) is 5.26 Å². The Morgan fingerprint density at radius 2 is 2.07 bits per heavy atom. The average molecular weight is 647 g/mol. The molecule has 0 saturated carbocycles. The van der Waals surface area contributed by atoms with Crippen molar-refractivity contribution in [2.24, 2.45) is 5.73 Å². The number of nitrogens with two attached hydrogens (primary N) is 1. The number of likely N-dealkylation sites (tertiary alicyclic amines) is 1. The van der Waals surface area contributed by atoms with Crippen LogP contribution in [-0.4, -0.2) is 77.6 Å². The fraction of sp³-hybridized carbons (Fsp3) is 0.296. The molecule has 236 valence electrons. The molecule has 0 aliphatic carbocycles. The minimum Gasteiger partial charge on any atom is -0.483 e. The molecule has 45 heavy (non-hydrogen) atoms. The van der Waals surface area contributed by atoms with E-state index < -0.39 is 23.8 Å². The maximum Gasteiger partial charge on any atom is 0.435 e. The highest BCUT2D eigenvalue weighted by Gasteiger charge is 2.38. The summed E-state index contributed by atoms with van der Waals surface area (Å²) < 4.78 is 43.4. The van der Waals surface area contributed by atoms with E-state index in [0.717, 1.165) is 10.9 Å². The third-order valence-corrected chi connectivity index (χ3v) is 7.01. The SMILES string of the molecule is C[C@@H](NC(=O)c1ccc(Nc2nccn3c(-c4cn(CC#N)nc4C(F)(F)F)cnc23)cc1Cl)C(=O)N1CC[C@@H](N)C1.O=CO. The number of hydrogen-bond acceptors (Lipinski definition) is 9. The summed E-state index contributed by atoms with van der Waals surface area (Å²) in [4.78, 5) is 43.9. The van der Waals surface area contributed by atoms with Crippen LogP contribution in [0.25, 0.3) is 16.9 Å². The monoisotopic (exact) mass is 646 g/mol. The van der Waals surface area contributed by atoms with E-state index in [-0.39, 0.29) is 58.3 Å². The predicted octanol–water partition coefficient (Wildman–Crippen LogP) is 2.91. The molecular formula is C27H26ClF3N10O4. The second-order valence-corrected chi connectivity index (χ2v) is 10.2. The summed E-state index contributed by atoms with van der Waals surface area (Å²) in [5.41, 5.74) is 5.34. The Hall–Kier alpha value is -5.21. The summed E-state index contributed by atoms with van der Waals surface area (Å²) >= 11 is 6.40. The van der Waals surface area contributed by atoms with Gasteiger partial charge in [-0.05, 0) is 31.5 Å². The molecule has 4 aromatic rings. The number of rotatable bonds is 7. The Morgan fingerprint density at radius 3 is 2.69 bits per heavy atom.